The lowest BCUT2D eigenvalue weighted by Crippen LogP contribution is -2.32. The quantitative estimate of drug-likeness (QED) is 0.783. The number of nitrogens with zero attached hydrogens (tertiary/aromatic N) is 1. The van der Waals surface area contributed by atoms with E-state index in [1.54, 1.807) is 7.11 Å². The summed E-state index contributed by atoms with van der Waals surface area (Å²) in [6.45, 7) is 4.41. The third-order valence-corrected chi connectivity index (χ3v) is 3.82. The number of likely N-dealkylation sites (N-methyl/N-ethyl adjacent to an activating group) is 1. The van der Waals surface area contributed by atoms with Crippen LogP contribution >= 0.6 is 0 Å². The molecule has 1 atom stereocenters. The van der Waals surface area contributed by atoms with Crippen LogP contribution in [0.25, 0.3) is 0 Å². The van der Waals surface area contributed by atoms with E-state index in [0.29, 0.717) is 6.04 Å². The number of ether oxygens (including phenoxy) is 1. The molecule has 0 spiro atoms. The van der Waals surface area contributed by atoms with Gasteiger partial charge in [0.1, 0.15) is 5.75 Å². The first kappa shape index (κ1) is 13.2. The van der Waals surface area contributed by atoms with Crippen LogP contribution in [-0.4, -0.2) is 33.3 Å². The molecule has 3 nitrogen and oxygen atoms in total. The van der Waals surface area contributed by atoms with Gasteiger partial charge in [-0.25, -0.2) is 0 Å². The molecular weight excluding hydrogens is 224 g/mol. The van der Waals surface area contributed by atoms with Crippen molar-refractivity contribution in [2.75, 3.05) is 32.1 Å². The highest BCUT2D eigenvalue weighted by Crippen LogP contribution is 2.39. The zero-order valence-corrected chi connectivity index (χ0v) is 11.7. The van der Waals surface area contributed by atoms with Gasteiger partial charge in [-0.2, -0.15) is 0 Å². The molecule has 0 aromatic heterocycles. The molecule has 0 bridgehead atoms. The highest BCUT2D eigenvalue weighted by atomic mass is 16.5. The van der Waals surface area contributed by atoms with Crippen molar-refractivity contribution in [3.8, 4) is 5.75 Å². The molecule has 1 aliphatic rings. The lowest BCUT2D eigenvalue weighted by Gasteiger charge is -2.26. The topological polar surface area (TPSA) is 24.5 Å². The fourth-order valence-corrected chi connectivity index (χ4v) is 2.96. The highest BCUT2D eigenvalue weighted by molar-refractivity contribution is 5.64. The van der Waals surface area contributed by atoms with Crippen LogP contribution in [0.3, 0.4) is 0 Å². The number of hydrogen-bond acceptors (Lipinski definition) is 3. The summed E-state index contributed by atoms with van der Waals surface area (Å²) in [4.78, 5) is 2.52. The fourth-order valence-electron chi connectivity index (χ4n) is 2.96. The second kappa shape index (κ2) is 6.10. The smallest absolute Gasteiger partial charge is 0.124 e. The van der Waals surface area contributed by atoms with Crippen LogP contribution in [0.15, 0.2) is 18.2 Å². The van der Waals surface area contributed by atoms with Gasteiger partial charge < -0.3 is 15.0 Å². The first-order valence-electron chi connectivity index (χ1n) is 6.89. The van der Waals surface area contributed by atoms with Gasteiger partial charge in [0.15, 0.2) is 0 Å². The molecule has 0 radical (unpaired) electrons. The van der Waals surface area contributed by atoms with Crippen molar-refractivity contribution in [2.24, 2.45) is 0 Å². The molecule has 1 heterocycles. The van der Waals surface area contributed by atoms with E-state index in [2.05, 4.69) is 35.3 Å². The Morgan fingerprint density at radius 2 is 2.28 bits per heavy atom. The van der Waals surface area contributed by atoms with E-state index in [1.807, 2.05) is 7.05 Å². The minimum absolute atomic E-state index is 0.634. The Morgan fingerprint density at radius 3 is 2.94 bits per heavy atom. The predicted octanol–water partition coefficient (Wildman–Crippen LogP) is 2.45. The third kappa shape index (κ3) is 2.46. The maximum Gasteiger partial charge on any atom is 0.124 e. The van der Waals surface area contributed by atoms with Crippen molar-refractivity contribution in [3.63, 3.8) is 0 Å². The SMILES string of the molecule is CCN1c2cccc(OC)c2CC1CCCNC. The Balaban J connectivity index is 2.14. The molecule has 1 N–H and O–H groups in total. The summed E-state index contributed by atoms with van der Waals surface area (Å²) in [6.07, 6.45) is 3.59. The lowest BCUT2D eigenvalue weighted by atomic mass is 10.1. The van der Waals surface area contributed by atoms with Crippen molar-refractivity contribution in [1.82, 2.24) is 5.32 Å². The van der Waals surface area contributed by atoms with Crippen molar-refractivity contribution in [3.05, 3.63) is 23.8 Å². The van der Waals surface area contributed by atoms with Gasteiger partial charge in [-0.1, -0.05) is 6.07 Å². The Bertz CT molecular complexity index is 392. The zero-order valence-electron chi connectivity index (χ0n) is 11.7. The van der Waals surface area contributed by atoms with Gasteiger partial charge in [0.2, 0.25) is 0 Å². The van der Waals surface area contributed by atoms with Crippen molar-refractivity contribution in [1.29, 1.82) is 0 Å². The number of nitrogens with one attached hydrogen (secondary N) is 1. The number of hydrogen-bond donors (Lipinski definition) is 1. The second-order valence-electron chi connectivity index (χ2n) is 4.85. The maximum absolute atomic E-state index is 5.48. The van der Waals surface area contributed by atoms with Crippen LogP contribution in [0.5, 0.6) is 5.75 Å². The summed E-state index contributed by atoms with van der Waals surface area (Å²) in [7, 11) is 3.78. The maximum atomic E-state index is 5.48. The van der Waals surface area contributed by atoms with Crippen LogP contribution in [0.1, 0.15) is 25.3 Å². The Morgan fingerprint density at radius 1 is 1.44 bits per heavy atom. The van der Waals surface area contributed by atoms with E-state index < -0.39 is 0 Å². The molecular formula is C15H24N2O. The first-order chi connectivity index (χ1) is 8.81. The molecule has 0 amide bonds. The number of anilines is 1. The van der Waals surface area contributed by atoms with Gasteiger partial charge in [-0.15, -0.1) is 0 Å². The van der Waals surface area contributed by atoms with E-state index in [-0.39, 0.29) is 0 Å². The third-order valence-electron chi connectivity index (χ3n) is 3.82. The van der Waals surface area contributed by atoms with Crippen molar-refractivity contribution >= 4 is 5.69 Å². The van der Waals surface area contributed by atoms with Gasteiger partial charge in [0.05, 0.1) is 7.11 Å². The fraction of sp³-hybridized carbons (Fsp3) is 0.600. The van der Waals surface area contributed by atoms with Gasteiger partial charge in [-0.05, 0) is 51.9 Å². The highest BCUT2D eigenvalue weighted by Gasteiger charge is 2.29. The molecule has 0 saturated heterocycles. The van der Waals surface area contributed by atoms with Gasteiger partial charge in [0, 0.05) is 23.8 Å². The number of rotatable bonds is 6. The molecule has 2 rings (SSSR count). The summed E-state index contributed by atoms with van der Waals surface area (Å²) in [5, 5.41) is 3.23. The molecule has 3 heteroatoms. The van der Waals surface area contributed by atoms with Crippen molar-refractivity contribution in [2.45, 2.75) is 32.2 Å². The molecule has 1 aromatic rings. The summed E-state index contributed by atoms with van der Waals surface area (Å²) in [5.41, 5.74) is 2.75. The number of methoxy groups -OCH3 is 1. The van der Waals surface area contributed by atoms with Gasteiger partial charge >= 0.3 is 0 Å². The summed E-state index contributed by atoms with van der Waals surface area (Å²) >= 11 is 0. The van der Waals surface area contributed by atoms with Crippen LogP contribution in [-0.2, 0) is 6.42 Å². The van der Waals surface area contributed by atoms with Crippen LogP contribution in [0.2, 0.25) is 0 Å². The van der Waals surface area contributed by atoms with Gasteiger partial charge in [-0.3, -0.25) is 0 Å². The van der Waals surface area contributed by atoms with E-state index in [9.17, 15) is 0 Å². The molecule has 18 heavy (non-hydrogen) atoms. The summed E-state index contributed by atoms with van der Waals surface area (Å²) in [5.74, 6) is 1.04. The summed E-state index contributed by atoms with van der Waals surface area (Å²) < 4.78 is 5.48. The summed E-state index contributed by atoms with van der Waals surface area (Å²) in [6, 6.07) is 7.02. The Hall–Kier alpha value is -1.22. The molecule has 1 unspecified atom stereocenters. The number of fused-ring (bicyclic) bond motifs is 1. The largest absolute Gasteiger partial charge is 0.496 e. The second-order valence-corrected chi connectivity index (χ2v) is 4.85. The van der Waals surface area contributed by atoms with Gasteiger partial charge in [0.25, 0.3) is 0 Å². The average Bonchev–Trinajstić information content (AvgIpc) is 2.76. The zero-order chi connectivity index (χ0) is 13.0. The number of benzene rings is 1. The average molecular weight is 248 g/mol. The lowest BCUT2D eigenvalue weighted by molar-refractivity contribution is 0.409. The Labute approximate surface area is 110 Å². The molecule has 0 fully saturated rings. The molecule has 1 aliphatic heterocycles. The minimum Gasteiger partial charge on any atom is -0.496 e. The molecule has 0 aliphatic carbocycles. The molecule has 0 saturated carbocycles. The van der Waals surface area contributed by atoms with E-state index >= 15 is 0 Å². The van der Waals surface area contributed by atoms with E-state index in [0.717, 1.165) is 25.3 Å². The van der Waals surface area contributed by atoms with Crippen LogP contribution in [0.4, 0.5) is 5.69 Å². The van der Waals surface area contributed by atoms with E-state index in [4.69, 9.17) is 4.74 Å². The van der Waals surface area contributed by atoms with E-state index in [1.165, 1.54) is 24.1 Å². The van der Waals surface area contributed by atoms with Crippen LogP contribution in [0, 0.1) is 0 Å². The normalized spacial score (nSPS) is 17.9. The standard InChI is InChI=1S/C15H24N2O/c1-4-17-12(7-6-10-16-2)11-13-14(17)8-5-9-15(13)18-3/h5,8-9,12,16H,4,6-7,10-11H2,1-3H3. The monoisotopic (exact) mass is 248 g/mol. The Kier molecular flexibility index (Phi) is 4.48. The van der Waals surface area contributed by atoms with Crippen molar-refractivity contribution < 1.29 is 4.74 Å². The molecule has 100 valence electrons. The molecule has 1 aromatic carbocycles. The van der Waals surface area contributed by atoms with Crippen LogP contribution < -0.4 is 15.0 Å². The minimum atomic E-state index is 0.634. The predicted molar refractivity (Wildman–Crippen MR) is 76.7 cm³/mol. The first-order valence-corrected chi connectivity index (χ1v) is 6.89.